The van der Waals surface area contributed by atoms with Crippen LogP contribution in [0.2, 0.25) is 0 Å². The molecule has 0 radical (unpaired) electrons. The van der Waals surface area contributed by atoms with Gasteiger partial charge in [-0.15, -0.1) is 5.10 Å². The van der Waals surface area contributed by atoms with Gasteiger partial charge < -0.3 is 14.2 Å². The molecule has 0 atom stereocenters. The Hall–Kier alpha value is -1.21. The zero-order valence-corrected chi connectivity index (χ0v) is 10.1. The molecule has 1 heterocycles. The predicted octanol–water partition coefficient (Wildman–Crippen LogP) is 1.13. The molecule has 0 unspecified atom stereocenters. The zero-order chi connectivity index (χ0) is 11.8. The lowest BCUT2D eigenvalue weighted by Crippen LogP contribution is -2.05. The third-order valence-corrected chi connectivity index (χ3v) is 2.33. The van der Waals surface area contributed by atoms with Crippen LogP contribution in [-0.2, 0) is 9.47 Å². The van der Waals surface area contributed by atoms with E-state index in [-0.39, 0.29) is 5.01 Å². The van der Waals surface area contributed by atoms with Crippen molar-refractivity contribution in [2.75, 3.05) is 26.4 Å². The van der Waals surface area contributed by atoms with Gasteiger partial charge in [0.1, 0.15) is 6.61 Å². The Bertz CT molecular complexity index is 329. The van der Waals surface area contributed by atoms with Crippen molar-refractivity contribution in [1.29, 1.82) is 0 Å². The number of carbonyl (C=O) groups is 1. The lowest BCUT2D eigenvalue weighted by molar-refractivity contribution is 0.0525. The summed E-state index contributed by atoms with van der Waals surface area (Å²) in [5.41, 5.74) is 0. The van der Waals surface area contributed by atoms with E-state index in [0.717, 1.165) is 11.3 Å². The smallest absolute Gasteiger partial charge is 0.369 e. The Labute approximate surface area is 97.5 Å². The Morgan fingerprint density at radius 3 is 2.75 bits per heavy atom. The number of carbonyl (C=O) groups excluding carboxylic acids is 1. The maximum Gasteiger partial charge on any atom is 0.369 e. The van der Waals surface area contributed by atoms with Crippen LogP contribution in [0.1, 0.15) is 23.6 Å². The number of hydrogen-bond donors (Lipinski definition) is 0. The van der Waals surface area contributed by atoms with Crippen molar-refractivity contribution in [3.63, 3.8) is 0 Å². The minimum Gasteiger partial charge on any atom is -0.466 e. The molecule has 0 bridgehead atoms. The molecule has 0 saturated carbocycles. The molecular weight excluding hydrogens is 232 g/mol. The molecule has 0 spiro atoms. The van der Waals surface area contributed by atoms with E-state index in [9.17, 15) is 4.79 Å². The number of aromatic nitrogens is 2. The van der Waals surface area contributed by atoms with Crippen LogP contribution in [0.25, 0.3) is 0 Å². The van der Waals surface area contributed by atoms with Gasteiger partial charge in [0.15, 0.2) is 0 Å². The summed E-state index contributed by atoms with van der Waals surface area (Å²) in [4.78, 5) is 11.2. The largest absolute Gasteiger partial charge is 0.466 e. The predicted molar refractivity (Wildman–Crippen MR) is 57.9 cm³/mol. The molecule has 90 valence electrons. The molecule has 0 amide bonds. The summed E-state index contributed by atoms with van der Waals surface area (Å²) >= 11 is 1.06. The van der Waals surface area contributed by atoms with Crippen molar-refractivity contribution < 1.29 is 19.0 Å². The van der Waals surface area contributed by atoms with Gasteiger partial charge in [-0.25, -0.2) is 4.79 Å². The minimum absolute atomic E-state index is 0.202. The van der Waals surface area contributed by atoms with E-state index >= 15 is 0 Å². The number of rotatable bonds is 7. The lowest BCUT2D eigenvalue weighted by atomic mass is 10.7. The molecule has 0 N–H and O–H groups in total. The van der Waals surface area contributed by atoms with Crippen LogP contribution in [0.15, 0.2) is 0 Å². The van der Waals surface area contributed by atoms with E-state index < -0.39 is 5.97 Å². The summed E-state index contributed by atoms with van der Waals surface area (Å²) in [7, 11) is 0. The highest BCUT2D eigenvalue weighted by molar-refractivity contribution is 7.14. The first-order valence-corrected chi connectivity index (χ1v) is 5.80. The van der Waals surface area contributed by atoms with Crippen LogP contribution < -0.4 is 4.74 Å². The highest BCUT2D eigenvalue weighted by Crippen LogP contribution is 2.18. The average Bonchev–Trinajstić information content (AvgIpc) is 2.73. The Morgan fingerprint density at radius 1 is 1.25 bits per heavy atom. The molecule has 6 nitrogen and oxygen atoms in total. The van der Waals surface area contributed by atoms with Gasteiger partial charge in [-0.1, -0.05) is 5.10 Å². The third kappa shape index (κ3) is 4.11. The standard InChI is InChI=1S/C9H14N2O4S/c1-3-13-5-6-15-9-11-10-7(16-9)8(12)14-4-2/h3-6H2,1-2H3. The normalized spacial score (nSPS) is 10.1. The van der Waals surface area contributed by atoms with Crippen molar-refractivity contribution in [3.05, 3.63) is 5.01 Å². The fourth-order valence-electron chi connectivity index (χ4n) is 0.876. The molecule has 1 rings (SSSR count). The number of hydrogen-bond acceptors (Lipinski definition) is 7. The van der Waals surface area contributed by atoms with Gasteiger partial charge in [0.2, 0.25) is 5.01 Å². The summed E-state index contributed by atoms with van der Waals surface area (Å²) in [6, 6.07) is 0. The first-order valence-electron chi connectivity index (χ1n) is 4.99. The highest BCUT2D eigenvalue weighted by Gasteiger charge is 2.14. The van der Waals surface area contributed by atoms with Crippen molar-refractivity contribution >= 4 is 17.3 Å². The lowest BCUT2D eigenvalue weighted by Gasteiger charge is -2.00. The molecule has 0 aliphatic heterocycles. The van der Waals surface area contributed by atoms with Gasteiger partial charge in [0.05, 0.1) is 13.2 Å². The fourth-order valence-corrected chi connectivity index (χ4v) is 1.49. The van der Waals surface area contributed by atoms with Crippen molar-refractivity contribution in [1.82, 2.24) is 10.2 Å². The summed E-state index contributed by atoms with van der Waals surface area (Å²) in [6.07, 6.45) is 0. The summed E-state index contributed by atoms with van der Waals surface area (Å²) in [5, 5.41) is 7.92. The molecule has 16 heavy (non-hydrogen) atoms. The second kappa shape index (κ2) is 7.13. The van der Waals surface area contributed by atoms with Crippen LogP contribution in [0, 0.1) is 0 Å². The summed E-state index contributed by atoms with van der Waals surface area (Å²) in [5.74, 6) is -0.473. The van der Waals surface area contributed by atoms with E-state index in [1.165, 1.54) is 0 Å². The monoisotopic (exact) mass is 246 g/mol. The topological polar surface area (TPSA) is 70.5 Å². The number of ether oxygens (including phenoxy) is 3. The maximum absolute atomic E-state index is 11.2. The van der Waals surface area contributed by atoms with Gasteiger partial charge in [0, 0.05) is 6.61 Å². The van der Waals surface area contributed by atoms with E-state index in [1.807, 2.05) is 6.92 Å². The van der Waals surface area contributed by atoms with Gasteiger partial charge in [0.25, 0.3) is 5.19 Å². The molecule has 0 aromatic carbocycles. The van der Waals surface area contributed by atoms with E-state index in [1.54, 1.807) is 6.92 Å². The molecule has 0 saturated heterocycles. The SMILES string of the molecule is CCOCCOc1nnc(C(=O)OCC)s1. The summed E-state index contributed by atoms with van der Waals surface area (Å²) < 4.78 is 15.1. The van der Waals surface area contributed by atoms with Gasteiger partial charge in [-0.05, 0) is 25.2 Å². The second-order valence-corrected chi connectivity index (χ2v) is 3.58. The maximum atomic E-state index is 11.2. The average molecular weight is 246 g/mol. The molecule has 0 fully saturated rings. The number of nitrogens with zero attached hydrogens (tertiary/aromatic N) is 2. The summed E-state index contributed by atoms with van der Waals surface area (Å²) in [6.45, 7) is 5.49. The third-order valence-electron chi connectivity index (χ3n) is 1.51. The molecule has 1 aromatic heterocycles. The number of esters is 1. The van der Waals surface area contributed by atoms with Crippen LogP contribution >= 0.6 is 11.3 Å². The van der Waals surface area contributed by atoms with Crippen molar-refractivity contribution in [3.8, 4) is 5.19 Å². The van der Waals surface area contributed by atoms with E-state index in [2.05, 4.69) is 10.2 Å². The van der Waals surface area contributed by atoms with Gasteiger partial charge in [-0.3, -0.25) is 0 Å². The van der Waals surface area contributed by atoms with Crippen LogP contribution in [0.3, 0.4) is 0 Å². The Morgan fingerprint density at radius 2 is 2.06 bits per heavy atom. The van der Waals surface area contributed by atoms with E-state index in [4.69, 9.17) is 14.2 Å². The van der Waals surface area contributed by atoms with Crippen molar-refractivity contribution in [2.45, 2.75) is 13.8 Å². The van der Waals surface area contributed by atoms with Crippen LogP contribution in [0.5, 0.6) is 5.19 Å². The molecule has 1 aromatic rings. The Balaban J connectivity index is 2.36. The minimum atomic E-state index is -0.473. The zero-order valence-electron chi connectivity index (χ0n) is 9.26. The van der Waals surface area contributed by atoms with Crippen molar-refractivity contribution in [2.24, 2.45) is 0 Å². The fraction of sp³-hybridized carbons (Fsp3) is 0.667. The first kappa shape index (κ1) is 12.9. The highest BCUT2D eigenvalue weighted by atomic mass is 32.1. The Kier molecular flexibility index (Phi) is 5.73. The van der Waals surface area contributed by atoms with Crippen LogP contribution in [0.4, 0.5) is 0 Å². The first-order chi connectivity index (χ1) is 7.77. The van der Waals surface area contributed by atoms with Crippen LogP contribution in [-0.4, -0.2) is 42.6 Å². The molecule has 7 heteroatoms. The second-order valence-electron chi connectivity index (χ2n) is 2.64. The van der Waals surface area contributed by atoms with E-state index in [0.29, 0.717) is 31.6 Å². The molecule has 0 aliphatic carbocycles. The molecule has 0 aliphatic rings. The quantitative estimate of drug-likeness (QED) is 0.530. The molecular formula is C9H14N2O4S. The van der Waals surface area contributed by atoms with Gasteiger partial charge in [-0.2, -0.15) is 0 Å². The van der Waals surface area contributed by atoms with Gasteiger partial charge >= 0.3 is 5.97 Å².